The van der Waals surface area contributed by atoms with Crippen molar-refractivity contribution in [3.05, 3.63) is 29.9 Å². The molecule has 1 aromatic heterocycles. The zero-order chi connectivity index (χ0) is 15.5. The first-order chi connectivity index (χ1) is 9.92. The zero-order valence-corrected chi connectivity index (χ0v) is 12.6. The lowest BCUT2D eigenvalue weighted by molar-refractivity contribution is 0.388. The Morgan fingerprint density at radius 2 is 2.14 bits per heavy atom. The van der Waals surface area contributed by atoms with Gasteiger partial charge in [0.15, 0.2) is 5.82 Å². The standard InChI is InChI=1S/C12H17N5O3S/c1-3-15-21(18,19)9-4-5-10(13)11(6-9)14-7-12-16-8(2)20-17-12/h4-6,14-15H,3,7,13H2,1-2H3. The van der Waals surface area contributed by atoms with Gasteiger partial charge in [-0.2, -0.15) is 4.98 Å². The third-order valence-corrected chi connectivity index (χ3v) is 4.22. The van der Waals surface area contributed by atoms with E-state index in [0.717, 1.165) is 0 Å². The van der Waals surface area contributed by atoms with E-state index in [2.05, 4.69) is 20.2 Å². The number of nitrogens with one attached hydrogen (secondary N) is 2. The predicted molar refractivity (Wildman–Crippen MR) is 78.1 cm³/mol. The molecule has 0 radical (unpaired) electrons. The summed E-state index contributed by atoms with van der Waals surface area (Å²) in [6.45, 7) is 4.00. The Bertz CT molecular complexity index is 726. The number of hydrogen-bond acceptors (Lipinski definition) is 7. The van der Waals surface area contributed by atoms with Crippen molar-refractivity contribution in [3.63, 3.8) is 0 Å². The number of benzene rings is 1. The molecular weight excluding hydrogens is 294 g/mol. The van der Waals surface area contributed by atoms with Crippen molar-refractivity contribution < 1.29 is 12.9 Å². The Kier molecular flexibility index (Phi) is 4.43. The minimum absolute atomic E-state index is 0.144. The fourth-order valence-electron chi connectivity index (χ4n) is 1.72. The summed E-state index contributed by atoms with van der Waals surface area (Å²) in [4.78, 5) is 4.19. The van der Waals surface area contributed by atoms with Crippen molar-refractivity contribution in [2.45, 2.75) is 25.3 Å². The van der Waals surface area contributed by atoms with Gasteiger partial charge in [0.1, 0.15) is 0 Å². The molecule has 0 aliphatic heterocycles. The van der Waals surface area contributed by atoms with Crippen LogP contribution in [0, 0.1) is 6.92 Å². The molecule has 0 aliphatic rings. The monoisotopic (exact) mass is 311 g/mol. The molecule has 0 spiro atoms. The topological polar surface area (TPSA) is 123 Å². The molecule has 2 aromatic rings. The van der Waals surface area contributed by atoms with E-state index in [-0.39, 0.29) is 11.4 Å². The van der Waals surface area contributed by atoms with E-state index in [1.807, 2.05) is 0 Å². The first kappa shape index (κ1) is 15.3. The molecular formula is C12H17N5O3S. The minimum atomic E-state index is -3.52. The summed E-state index contributed by atoms with van der Waals surface area (Å²) in [7, 11) is -3.52. The van der Waals surface area contributed by atoms with E-state index in [1.165, 1.54) is 18.2 Å². The molecule has 0 saturated heterocycles. The second kappa shape index (κ2) is 6.10. The number of aryl methyl sites for hydroxylation is 1. The van der Waals surface area contributed by atoms with E-state index >= 15 is 0 Å². The summed E-state index contributed by atoms with van der Waals surface area (Å²) in [5, 5.41) is 6.74. The Labute approximate surface area is 122 Å². The highest BCUT2D eigenvalue weighted by atomic mass is 32.2. The smallest absolute Gasteiger partial charge is 0.240 e. The Hall–Kier alpha value is -2.13. The number of sulfonamides is 1. The summed E-state index contributed by atoms with van der Waals surface area (Å²) in [6.07, 6.45) is 0. The number of rotatable bonds is 6. The summed E-state index contributed by atoms with van der Waals surface area (Å²) in [5.41, 5.74) is 6.77. The van der Waals surface area contributed by atoms with Gasteiger partial charge in [-0.3, -0.25) is 0 Å². The van der Waals surface area contributed by atoms with Crippen LogP contribution in [-0.4, -0.2) is 25.1 Å². The Morgan fingerprint density at radius 3 is 2.76 bits per heavy atom. The van der Waals surface area contributed by atoms with Crippen molar-refractivity contribution in [3.8, 4) is 0 Å². The maximum atomic E-state index is 12.0. The molecule has 114 valence electrons. The molecule has 21 heavy (non-hydrogen) atoms. The lowest BCUT2D eigenvalue weighted by atomic mass is 10.2. The maximum Gasteiger partial charge on any atom is 0.240 e. The van der Waals surface area contributed by atoms with Crippen LogP contribution in [-0.2, 0) is 16.6 Å². The van der Waals surface area contributed by atoms with Crippen molar-refractivity contribution in [2.75, 3.05) is 17.6 Å². The van der Waals surface area contributed by atoms with Gasteiger partial charge >= 0.3 is 0 Å². The van der Waals surface area contributed by atoms with E-state index in [9.17, 15) is 8.42 Å². The van der Waals surface area contributed by atoms with Crippen molar-refractivity contribution in [1.29, 1.82) is 0 Å². The second-order valence-corrected chi connectivity index (χ2v) is 6.10. The lowest BCUT2D eigenvalue weighted by Gasteiger charge is -2.10. The molecule has 1 heterocycles. The second-order valence-electron chi connectivity index (χ2n) is 4.33. The summed E-state index contributed by atoms with van der Waals surface area (Å²) < 4.78 is 31.2. The SMILES string of the molecule is CCNS(=O)(=O)c1ccc(N)c(NCc2noc(C)n2)c1. The van der Waals surface area contributed by atoms with E-state index < -0.39 is 10.0 Å². The minimum Gasteiger partial charge on any atom is -0.397 e. The summed E-state index contributed by atoms with van der Waals surface area (Å²) in [6, 6.07) is 4.46. The number of nitrogens with zero attached hydrogens (tertiary/aromatic N) is 2. The van der Waals surface area contributed by atoms with Crippen LogP contribution in [0.5, 0.6) is 0 Å². The van der Waals surface area contributed by atoms with Gasteiger partial charge < -0.3 is 15.6 Å². The third-order valence-electron chi connectivity index (χ3n) is 2.68. The summed E-state index contributed by atoms with van der Waals surface area (Å²) in [5.74, 6) is 0.926. The van der Waals surface area contributed by atoms with Crippen LogP contribution in [0.4, 0.5) is 11.4 Å². The van der Waals surface area contributed by atoms with Crippen LogP contribution in [0.3, 0.4) is 0 Å². The van der Waals surface area contributed by atoms with Crippen LogP contribution in [0.1, 0.15) is 18.6 Å². The fourth-order valence-corrected chi connectivity index (χ4v) is 2.78. The highest BCUT2D eigenvalue weighted by Crippen LogP contribution is 2.23. The molecule has 0 saturated carbocycles. The Morgan fingerprint density at radius 1 is 1.38 bits per heavy atom. The summed E-state index contributed by atoms with van der Waals surface area (Å²) >= 11 is 0. The van der Waals surface area contributed by atoms with Gasteiger partial charge in [0.2, 0.25) is 15.9 Å². The van der Waals surface area contributed by atoms with Crippen molar-refractivity contribution in [2.24, 2.45) is 0 Å². The molecule has 0 aliphatic carbocycles. The number of nitrogens with two attached hydrogens (primary N) is 1. The van der Waals surface area contributed by atoms with Crippen molar-refractivity contribution >= 4 is 21.4 Å². The average molecular weight is 311 g/mol. The number of nitrogen functional groups attached to an aromatic ring is 1. The lowest BCUT2D eigenvalue weighted by Crippen LogP contribution is -2.23. The van der Waals surface area contributed by atoms with Gasteiger partial charge in [0, 0.05) is 13.5 Å². The van der Waals surface area contributed by atoms with E-state index in [0.29, 0.717) is 29.6 Å². The zero-order valence-electron chi connectivity index (χ0n) is 11.8. The first-order valence-electron chi connectivity index (χ1n) is 6.34. The fraction of sp³-hybridized carbons (Fsp3) is 0.333. The van der Waals surface area contributed by atoms with Gasteiger partial charge in [-0.15, -0.1) is 0 Å². The average Bonchev–Trinajstić information content (AvgIpc) is 2.83. The molecule has 1 aromatic carbocycles. The number of anilines is 2. The molecule has 2 rings (SSSR count). The van der Waals surface area contributed by atoms with Crippen LogP contribution in [0.25, 0.3) is 0 Å². The molecule has 8 nitrogen and oxygen atoms in total. The number of aromatic nitrogens is 2. The van der Waals surface area contributed by atoms with E-state index in [4.69, 9.17) is 10.3 Å². The van der Waals surface area contributed by atoms with Crippen LogP contribution in [0.15, 0.2) is 27.6 Å². The molecule has 0 unspecified atom stereocenters. The molecule has 0 fully saturated rings. The maximum absolute atomic E-state index is 12.0. The van der Waals surface area contributed by atoms with E-state index in [1.54, 1.807) is 13.8 Å². The van der Waals surface area contributed by atoms with Crippen LogP contribution < -0.4 is 15.8 Å². The molecule has 0 amide bonds. The van der Waals surface area contributed by atoms with Gasteiger partial charge in [0.25, 0.3) is 0 Å². The largest absolute Gasteiger partial charge is 0.397 e. The van der Waals surface area contributed by atoms with Gasteiger partial charge in [-0.1, -0.05) is 12.1 Å². The first-order valence-corrected chi connectivity index (χ1v) is 7.83. The van der Waals surface area contributed by atoms with Gasteiger partial charge in [0.05, 0.1) is 22.8 Å². The van der Waals surface area contributed by atoms with Gasteiger partial charge in [-0.25, -0.2) is 13.1 Å². The quantitative estimate of drug-likeness (QED) is 0.676. The highest BCUT2D eigenvalue weighted by molar-refractivity contribution is 7.89. The van der Waals surface area contributed by atoms with Crippen LogP contribution in [0.2, 0.25) is 0 Å². The molecule has 0 atom stereocenters. The number of hydrogen-bond donors (Lipinski definition) is 3. The van der Waals surface area contributed by atoms with Crippen LogP contribution >= 0.6 is 0 Å². The third kappa shape index (κ3) is 3.70. The van der Waals surface area contributed by atoms with Crippen molar-refractivity contribution in [1.82, 2.24) is 14.9 Å². The molecule has 9 heteroatoms. The Balaban J connectivity index is 2.19. The molecule has 0 bridgehead atoms. The predicted octanol–water partition coefficient (Wildman–Crippen LogP) is 0.871. The normalized spacial score (nSPS) is 11.5. The highest BCUT2D eigenvalue weighted by Gasteiger charge is 2.14. The molecule has 4 N–H and O–H groups in total. The van der Waals surface area contributed by atoms with Gasteiger partial charge in [-0.05, 0) is 18.2 Å².